The van der Waals surface area contributed by atoms with Gasteiger partial charge in [0, 0.05) is 0 Å². The largest absolute Gasteiger partial charge is 0.248 e. The lowest BCUT2D eigenvalue weighted by Crippen LogP contribution is -2.11. The van der Waals surface area contributed by atoms with Crippen LogP contribution in [-0.4, -0.2) is 11.1 Å². The molecule has 0 atom stereocenters. The molecule has 0 radical (unpaired) electrons. The molecule has 0 aromatic carbocycles. The zero-order valence-corrected chi connectivity index (χ0v) is 28.5. The Labute approximate surface area is 246 Å². The fraction of sp³-hybridized carbons (Fsp3) is 1.00. The van der Waals surface area contributed by atoms with E-state index in [0.29, 0.717) is 0 Å². The van der Waals surface area contributed by atoms with Crippen LogP contribution in [0.25, 0.3) is 0 Å². The molecule has 0 fully saturated rings. The molecule has 0 aliphatic rings. The molecule has 0 saturated carbocycles. The predicted octanol–water partition coefficient (Wildman–Crippen LogP) is 13.9. The molecule has 0 rings (SSSR count). The summed E-state index contributed by atoms with van der Waals surface area (Å²) in [7, 11) is 0. The summed E-state index contributed by atoms with van der Waals surface area (Å²) in [5, 5.41) is 0. The summed E-state index contributed by atoms with van der Waals surface area (Å²) in [4.78, 5) is 0. The van der Waals surface area contributed by atoms with Crippen molar-refractivity contribution in [3.05, 3.63) is 0 Å². The molecular weight excluding hydrogens is 598 g/mol. The molecule has 0 amide bonds. The lowest BCUT2D eigenvalue weighted by atomic mass is 10.0. The second kappa shape index (κ2) is 30.1. The molecule has 0 heterocycles. The van der Waals surface area contributed by atoms with E-state index in [2.05, 4.69) is 22.6 Å². The summed E-state index contributed by atoms with van der Waals surface area (Å²) in [6.07, 6.45) is 40.6. The number of hydrogen-bond donors (Lipinski definition) is 0. The van der Waals surface area contributed by atoms with Crippen molar-refractivity contribution in [3.8, 4) is 0 Å². The maximum absolute atomic E-state index is 6.15. The average molecular weight is 662 g/mol. The number of unbranched alkanes of at least 4 members (excludes halogenated alkanes) is 27. The van der Waals surface area contributed by atoms with Crippen LogP contribution in [0.2, 0.25) is 12.6 Å². The van der Waals surface area contributed by atoms with E-state index in [1.54, 1.807) is 0 Å². The molecule has 0 nitrogen and oxygen atoms in total. The number of halogens is 3. The highest BCUT2D eigenvalue weighted by atomic mass is 127. The third-order valence-electron chi connectivity index (χ3n) is 7.50. The molecule has 35 heavy (non-hydrogen) atoms. The van der Waals surface area contributed by atoms with Crippen LogP contribution in [0, 0.1) is 0 Å². The smallest absolute Gasteiger partial charge is 0.146 e. The highest BCUT2D eigenvalue weighted by Gasteiger charge is 2.19. The van der Waals surface area contributed by atoms with Gasteiger partial charge in [0.1, 0.15) is 0 Å². The van der Waals surface area contributed by atoms with Gasteiger partial charge in [-0.2, -0.15) is 0 Å². The van der Waals surface area contributed by atoms with Gasteiger partial charge in [-0.3, -0.25) is 0 Å². The number of hydrogen-bond acceptors (Lipinski definition) is 0. The van der Waals surface area contributed by atoms with Crippen LogP contribution in [0.1, 0.15) is 180 Å². The van der Waals surface area contributed by atoms with Crippen molar-refractivity contribution in [2.24, 2.45) is 0 Å². The van der Waals surface area contributed by atoms with Gasteiger partial charge in [-0.15, -0.1) is 22.2 Å². The summed E-state index contributed by atoms with van der Waals surface area (Å²) < 4.78 is 1.34. The van der Waals surface area contributed by atoms with E-state index in [-0.39, 0.29) is 0 Å². The summed E-state index contributed by atoms with van der Waals surface area (Å²) in [5.41, 5.74) is 0. The van der Waals surface area contributed by atoms with Crippen LogP contribution in [-0.2, 0) is 0 Å². The molecule has 0 bridgehead atoms. The van der Waals surface area contributed by atoms with E-state index >= 15 is 0 Å². The SMILES string of the molecule is C[Si](Cl)(Cl)CCCCCCCCCCCCCCCCCCCCCCCCCCCCCCI. The lowest BCUT2D eigenvalue weighted by molar-refractivity contribution is 0.514. The van der Waals surface area contributed by atoms with Crippen molar-refractivity contribution in [1.82, 2.24) is 0 Å². The summed E-state index contributed by atoms with van der Waals surface area (Å²) in [6.45, 7) is 0.204. The second-order valence-electron chi connectivity index (χ2n) is 11.4. The van der Waals surface area contributed by atoms with Gasteiger partial charge in [0.2, 0.25) is 6.69 Å². The monoisotopic (exact) mass is 660 g/mol. The van der Waals surface area contributed by atoms with E-state index in [1.165, 1.54) is 184 Å². The molecule has 212 valence electrons. The van der Waals surface area contributed by atoms with Crippen LogP contribution in [0.5, 0.6) is 0 Å². The van der Waals surface area contributed by atoms with Gasteiger partial charge in [-0.05, 0) is 23.4 Å². The Balaban J connectivity index is 3.03. The molecule has 0 spiro atoms. The van der Waals surface area contributed by atoms with Crippen LogP contribution in [0.15, 0.2) is 0 Å². The highest BCUT2D eigenvalue weighted by molar-refractivity contribution is 14.1. The summed E-state index contributed by atoms with van der Waals surface area (Å²) >= 11 is 14.8. The third kappa shape index (κ3) is 35.5. The Kier molecular flexibility index (Phi) is 31.4. The topological polar surface area (TPSA) is 0 Å². The minimum absolute atomic E-state index is 1.06. The van der Waals surface area contributed by atoms with Gasteiger partial charge < -0.3 is 0 Å². The van der Waals surface area contributed by atoms with Crippen molar-refractivity contribution in [3.63, 3.8) is 0 Å². The third-order valence-corrected chi connectivity index (χ3v) is 10.6. The molecule has 0 aromatic rings. The first-order valence-electron chi connectivity index (χ1n) is 16.0. The van der Waals surface area contributed by atoms with Crippen LogP contribution < -0.4 is 0 Å². The second-order valence-corrected chi connectivity index (χ2v) is 20.7. The Morgan fingerprint density at radius 3 is 0.686 bits per heavy atom. The van der Waals surface area contributed by atoms with Crippen LogP contribution >= 0.6 is 44.7 Å². The first kappa shape index (κ1) is 36.5. The van der Waals surface area contributed by atoms with Crippen molar-refractivity contribution >= 4 is 51.4 Å². The van der Waals surface area contributed by atoms with E-state index < -0.39 is 6.69 Å². The van der Waals surface area contributed by atoms with Gasteiger partial charge in [0.15, 0.2) is 0 Å². The van der Waals surface area contributed by atoms with Crippen molar-refractivity contribution in [1.29, 1.82) is 0 Å². The van der Waals surface area contributed by atoms with Crippen molar-refractivity contribution in [2.45, 2.75) is 192 Å². The van der Waals surface area contributed by atoms with Gasteiger partial charge in [0.05, 0.1) is 0 Å². The first-order valence-corrected chi connectivity index (χ1v) is 22.3. The maximum Gasteiger partial charge on any atom is 0.248 e. The maximum atomic E-state index is 6.15. The molecular formula is C31H63Cl2ISi. The van der Waals surface area contributed by atoms with Gasteiger partial charge in [-0.25, -0.2) is 0 Å². The Morgan fingerprint density at radius 2 is 0.514 bits per heavy atom. The fourth-order valence-corrected chi connectivity index (χ4v) is 7.34. The highest BCUT2D eigenvalue weighted by Crippen LogP contribution is 2.23. The molecule has 0 saturated heterocycles. The zero-order chi connectivity index (χ0) is 25.7. The van der Waals surface area contributed by atoms with Crippen molar-refractivity contribution in [2.75, 3.05) is 4.43 Å². The molecule has 0 aliphatic heterocycles. The predicted molar refractivity (Wildman–Crippen MR) is 176 cm³/mol. The van der Waals surface area contributed by atoms with Crippen molar-refractivity contribution < 1.29 is 0 Å². The normalized spacial score (nSPS) is 12.0. The first-order chi connectivity index (χ1) is 17.1. The summed E-state index contributed by atoms with van der Waals surface area (Å²) in [6, 6.07) is 1.06. The minimum atomic E-state index is -1.84. The van der Waals surface area contributed by atoms with Crippen LogP contribution in [0.4, 0.5) is 0 Å². The fourth-order valence-electron chi connectivity index (χ4n) is 5.13. The van der Waals surface area contributed by atoms with Gasteiger partial charge in [-0.1, -0.05) is 196 Å². The van der Waals surface area contributed by atoms with E-state index in [0.717, 1.165) is 6.04 Å². The Hall–Kier alpha value is 1.53. The molecule has 0 aromatic heterocycles. The molecule has 4 heteroatoms. The standard InChI is InChI=1S/C31H63Cl2ISi/c1-35(32,33)31-29-27-25-23-21-19-17-15-13-11-9-7-5-3-2-4-6-8-10-12-14-16-18-20-22-24-26-28-30-34/h2-31H2,1H3. The zero-order valence-electron chi connectivity index (χ0n) is 23.8. The average Bonchev–Trinajstić information content (AvgIpc) is 2.82. The van der Waals surface area contributed by atoms with Gasteiger partial charge in [0.25, 0.3) is 0 Å². The lowest BCUT2D eigenvalue weighted by Gasteiger charge is -2.09. The molecule has 0 aliphatic carbocycles. The molecule has 0 unspecified atom stereocenters. The Morgan fingerprint density at radius 1 is 0.343 bits per heavy atom. The quantitative estimate of drug-likeness (QED) is 0.0236. The van der Waals surface area contributed by atoms with Gasteiger partial charge >= 0.3 is 0 Å². The van der Waals surface area contributed by atoms with E-state index in [9.17, 15) is 0 Å². The number of alkyl halides is 1. The Bertz CT molecular complexity index is 387. The van der Waals surface area contributed by atoms with Crippen LogP contribution in [0.3, 0.4) is 0 Å². The van der Waals surface area contributed by atoms with E-state index in [1.807, 2.05) is 6.55 Å². The van der Waals surface area contributed by atoms with E-state index in [4.69, 9.17) is 22.2 Å². The minimum Gasteiger partial charge on any atom is -0.146 e. The summed E-state index contributed by atoms with van der Waals surface area (Å²) in [5.74, 6) is 0. The number of rotatable bonds is 30. The molecule has 0 N–H and O–H groups in total.